The minimum atomic E-state index is 0.0272. The van der Waals surface area contributed by atoms with Crippen LogP contribution in [-0.4, -0.2) is 28.0 Å². The third-order valence-corrected chi connectivity index (χ3v) is 3.41. The van der Waals surface area contributed by atoms with Gasteiger partial charge in [-0.15, -0.1) is 11.6 Å². The van der Waals surface area contributed by atoms with Crippen LogP contribution in [0, 0.1) is 0 Å². The molecule has 4 nitrogen and oxygen atoms in total. The van der Waals surface area contributed by atoms with E-state index in [0.29, 0.717) is 18.4 Å². The van der Waals surface area contributed by atoms with Crippen LogP contribution in [0.15, 0.2) is 12.4 Å². The van der Waals surface area contributed by atoms with Crippen LogP contribution in [0.3, 0.4) is 0 Å². The van der Waals surface area contributed by atoms with E-state index < -0.39 is 0 Å². The number of alkyl halides is 1. The van der Waals surface area contributed by atoms with Gasteiger partial charge in [-0.25, -0.2) is 9.97 Å². The number of aromatic nitrogens is 2. The van der Waals surface area contributed by atoms with Gasteiger partial charge in [0.15, 0.2) is 0 Å². The van der Waals surface area contributed by atoms with Crippen molar-refractivity contribution in [1.82, 2.24) is 9.97 Å². The summed E-state index contributed by atoms with van der Waals surface area (Å²) in [4.78, 5) is 8.20. The van der Waals surface area contributed by atoms with E-state index in [2.05, 4.69) is 15.3 Å². The predicted molar refractivity (Wildman–Crippen MR) is 64.1 cm³/mol. The van der Waals surface area contributed by atoms with Crippen molar-refractivity contribution in [2.45, 2.75) is 31.7 Å². The van der Waals surface area contributed by atoms with Crippen LogP contribution < -0.4 is 10.1 Å². The van der Waals surface area contributed by atoms with Crippen molar-refractivity contribution in [3.63, 3.8) is 0 Å². The molecule has 1 aliphatic carbocycles. The lowest BCUT2D eigenvalue weighted by Gasteiger charge is -2.41. The molecule has 0 radical (unpaired) electrons. The molecule has 1 heterocycles. The maximum Gasteiger partial charge on any atom is 0.218 e. The quantitative estimate of drug-likeness (QED) is 0.805. The first kappa shape index (κ1) is 11.5. The molecule has 5 heteroatoms. The zero-order valence-electron chi connectivity index (χ0n) is 9.37. The number of nitrogens with one attached hydrogen (secondary N) is 1. The van der Waals surface area contributed by atoms with Crippen LogP contribution in [0.5, 0.6) is 5.88 Å². The molecule has 0 bridgehead atoms. The molecule has 0 saturated heterocycles. The van der Waals surface area contributed by atoms with Crippen molar-refractivity contribution >= 4 is 17.4 Å². The summed E-state index contributed by atoms with van der Waals surface area (Å²) in [6.45, 7) is 2.54. The summed E-state index contributed by atoms with van der Waals surface area (Å²) in [6, 6.07) is 1.82. The third kappa shape index (κ3) is 2.38. The van der Waals surface area contributed by atoms with Crippen molar-refractivity contribution < 1.29 is 4.74 Å². The Labute approximate surface area is 100 Å². The van der Waals surface area contributed by atoms with Gasteiger partial charge in [0.2, 0.25) is 5.88 Å². The van der Waals surface area contributed by atoms with Gasteiger partial charge in [-0.2, -0.15) is 0 Å². The molecule has 88 valence electrons. The summed E-state index contributed by atoms with van der Waals surface area (Å²) in [6.07, 6.45) is 4.94. The maximum absolute atomic E-state index is 5.97. The second-order valence-electron chi connectivity index (χ2n) is 4.07. The van der Waals surface area contributed by atoms with Crippen molar-refractivity contribution in [2.75, 3.05) is 17.8 Å². The lowest BCUT2D eigenvalue weighted by molar-refractivity contribution is 0.308. The summed E-state index contributed by atoms with van der Waals surface area (Å²) in [5.74, 6) is 2.00. The Kier molecular flexibility index (Phi) is 3.49. The molecule has 1 aliphatic rings. The van der Waals surface area contributed by atoms with E-state index in [9.17, 15) is 0 Å². The molecule has 2 rings (SSSR count). The highest BCUT2D eigenvalue weighted by Crippen LogP contribution is 2.36. The molecule has 1 N–H and O–H groups in total. The minimum absolute atomic E-state index is 0.0272. The van der Waals surface area contributed by atoms with E-state index in [0.717, 1.165) is 18.7 Å². The average molecular weight is 242 g/mol. The third-order valence-electron chi connectivity index (χ3n) is 2.89. The van der Waals surface area contributed by atoms with Crippen LogP contribution in [0.2, 0.25) is 0 Å². The Morgan fingerprint density at radius 2 is 2.31 bits per heavy atom. The molecule has 0 aliphatic heterocycles. The first-order chi connectivity index (χ1) is 7.78. The summed E-state index contributed by atoms with van der Waals surface area (Å²) in [5, 5.41) is 3.38. The Hall–Kier alpha value is -1.03. The maximum atomic E-state index is 5.97. The second-order valence-corrected chi connectivity index (χ2v) is 4.33. The van der Waals surface area contributed by atoms with E-state index in [1.165, 1.54) is 12.7 Å². The van der Waals surface area contributed by atoms with E-state index in [1.807, 2.05) is 13.0 Å². The van der Waals surface area contributed by atoms with Crippen molar-refractivity contribution in [3.8, 4) is 5.88 Å². The molecular weight excluding hydrogens is 226 g/mol. The highest BCUT2D eigenvalue weighted by atomic mass is 35.5. The van der Waals surface area contributed by atoms with Crippen LogP contribution in [0.1, 0.15) is 26.2 Å². The largest absolute Gasteiger partial charge is 0.478 e. The number of ether oxygens (including phenoxy) is 1. The van der Waals surface area contributed by atoms with Gasteiger partial charge in [-0.05, 0) is 26.2 Å². The Morgan fingerprint density at radius 3 is 2.88 bits per heavy atom. The van der Waals surface area contributed by atoms with Gasteiger partial charge in [0, 0.05) is 11.9 Å². The molecule has 0 spiro atoms. The molecule has 0 amide bonds. The normalized spacial score (nSPS) is 17.6. The molecule has 1 aromatic heterocycles. The highest BCUT2D eigenvalue weighted by molar-refractivity contribution is 6.19. The summed E-state index contributed by atoms with van der Waals surface area (Å²) >= 11 is 5.97. The fraction of sp³-hybridized carbons (Fsp3) is 0.636. The Morgan fingerprint density at radius 1 is 1.50 bits per heavy atom. The van der Waals surface area contributed by atoms with Gasteiger partial charge in [-0.3, -0.25) is 0 Å². The monoisotopic (exact) mass is 241 g/mol. The standard InChI is InChI=1S/C11H16ClN3O/c1-2-16-10-6-9(13-8-14-10)15-11(7-12)4-3-5-11/h6,8H,2-5,7H2,1H3,(H,13,14,15). The first-order valence-electron chi connectivity index (χ1n) is 5.57. The zero-order chi connectivity index (χ0) is 11.4. The van der Waals surface area contributed by atoms with Gasteiger partial charge in [0.1, 0.15) is 12.1 Å². The van der Waals surface area contributed by atoms with Crippen molar-refractivity contribution in [3.05, 3.63) is 12.4 Å². The average Bonchev–Trinajstić information content (AvgIpc) is 2.25. The molecule has 0 unspecified atom stereocenters. The minimum Gasteiger partial charge on any atom is -0.478 e. The molecule has 1 fully saturated rings. The lowest BCUT2D eigenvalue weighted by Crippen LogP contribution is -2.47. The topological polar surface area (TPSA) is 47.0 Å². The van der Waals surface area contributed by atoms with Gasteiger partial charge >= 0.3 is 0 Å². The Balaban J connectivity index is 2.05. The predicted octanol–water partition coefficient (Wildman–Crippen LogP) is 2.45. The SMILES string of the molecule is CCOc1cc(NC2(CCl)CCC2)ncn1. The summed E-state index contributed by atoms with van der Waals surface area (Å²) in [7, 11) is 0. The number of hydrogen-bond acceptors (Lipinski definition) is 4. The zero-order valence-corrected chi connectivity index (χ0v) is 10.1. The number of halogens is 1. The van der Waals surface area contributed by atoms with E-state index in [4.69, 9.17) is 16.3 Å². The first-order valence-corrected chi connectivity index (χ1v) is 6.10. The fourth-order valence-corrected chi connectivity index (χ4v) is 2.14. The van der Waals surface area contributed by atoms with Gasteiger partial charge in [0.25, 0.3) is 0 Å². The number of rotatable bonds is 5. The summed E-state index contributed by atoms with van der Waals surface area (Å²) in [5.41, 5.74) is 0.0272. The van der Waals surface area contributed by atoms with Crippen LogP contribution in [-0.2, 0) is 0 Å². The molecule has 0 atom stereocenters. The Bertz CT molecular complexity index is 349. The molecule has 16 heavy (non-hydrogen) atoms. The highest BCUT2D eigenvalue weighted by Gasteiger charge is 2.36. The van der Waals surface area contributed by atoms with Crippen molar-refractivity contribution in [1.29, 1.82) is 0 Å². The van der Waals surface area contributed by atoms with Crippen LogP contribution in [0.25, 0.3) is 0 Å². The van der Waals surface area contributed by atoms with Gasteiger partial charge in [-0.1, -0.05) is 0 Å². The van der Waals surface area contributed by atoms with Gasteiger partial charge in [0.05, 0.1) is 12.1 Å². The van der Waals surface area contributed by atoms with Gasteiger partial charge < -0.3 is 10.1 Å². The smallest absolute Gasteiger partial charge is 0.218 e. The molecule has 0 aromatic carbocycles. The molecular formula is C11H16ClN3O. The fourth-order valence-electron chi connectivity index (χ4n) is 1.80. The van der Waals surface area contributed by atoms with E-state index in [1.54, 1.807) is 0 Å². The number of anilines is 1. The number of nitrogens with zero attached hydrogens (tertiary/aromatic N) is 2. The van der Waals surface area contributed by atoms with Crippen molar-refractivity contribution in [2.24, 2.45) is 0 Å². The summed E-state index contributed by atoms with van der Waals surface area (Å²) < 4.78 is 5.32. The van der Waals surface area contributed by atoms with Crippen LogP contribution >= 0.6 is 11.6 Å². The second kappa shape index (κ2) is 4.87. The lowest BCUT2D eigenvalue weighted by atomic mass is 9.78. The molecule has 1 saturated carbocycles. The van der Waals surface area contributed by atoms with E-state index >= 15 is 0 Å². The number of hydrogen-bond donors (Lipinski definition) is 1. The molecule has 1 aromatic rings. The van der Waals surface area contributed by atoms with E-state index in [-0.39, 0.29) is 5.54 Å². The van der Waals surface area contributed by atoms with Crippen LogP contribution in [0.4, 0.5) is 5.82 Å².